The van der Waals surface area contributed by atoms with Crippen molar-refractivity contribution in [3.63, 3.8) is 0 Å². The highest BCUT2D eigenvalue weighted by Gasteiger charge is 2.84. The predicted octanol–water partition coefficient (Wildman–Crippen LogP) is 3.70. The fourth-order valence-electron chi connectivity index (χ4n) is 10.1. The smallest absolute Gasteiger partial charge is 0.315 e. The molecule has 3 saturated carbocycles. The van der Waals surface area contributed by atoms with Gasteiger partial charge in [0.05, 0.1) is 18.1 Å². The number of nitrogens with zero attached hydrogens (tertiary/aromatic N) is 1. The molecule has 6 rings (SSSR count). The Morgan fingerprint density at radius 2 is 2.10 bits per heavy atom. The van der Waals surface area contributed by atoms with E-state index in [1.54, 1.807) is 12.4 Å². The van der Waals surface area contributed by atoms with Crippen molar-refractivity contribution < 1.29 is 29.3 Å². The number of H-pyrrole nitrogens is 1. The van der Waals surface area contributed by atoms with Crippen LogP contribution >= 0.6 is 0 Å². The number of rotatable bonds is 9. The Morgan fingerprint density at radius 3 is 2.77 bits per heavy atom. The number of aromatic nitrogens is 2. The molecule has 0 aromatic carbocycles. The summed E-state index contributed by atoms with van der Waals surface area (Å²) in [6.45, 7) is 8.45. The minimum Gasteiger partial charge on any atom is -0.481 e. The molecule has 1 aromatic heterocycles. The first-order valence-corrected chi connectivity index (χ1v) is 15.2. The number of carboxylic acids is 1. The Labute approximate surface area is 236 Å². The fourth-order valence-corrected chi connectivity index (χ4v) is 10.1. The molecule has 11 atom stereocenters. The van der Waals surface area contributed by atoms with Gasteiger partial charge < -0.3 is 29.5 Å². The molecule has 9 heteroatoms. The molecule has 9 nitrogen and oxygen atoms in total. The molecule has 1 aliphatic heterocycles. The SMILES string of the molecule is CC(C)C1=C[C@H]2C[C@]3(C=O)[C@@H]4CC[C@@H](C)[C@H]4C[C@@]2(CO[C@@H]2O[C@H](C)CC(CCc4ncc[nH]4)N[C@@H]2O)[C@]13C(=O)O. The molecular weight excluding hydrogens is 510 g/mol. The van der Waals surface area contributed by atoms with Crippen LogP contribution in [-0.4, -0.2) is 63.7 Å². The molecule has 4 bridgehead atoms. The van der Waals surface area contributed by atoms with E-state index in [4.69, 9.17) is 9.47 Å². The van der Waals surface area contributed by atoms with Crippen molar-refractivity contribution >= 4 is 12.3 Å². The van der Waals surface area contributed by atoms with Gasteiger partial charge in [-0.1, -0.05) is 38.8 Å². The van der Waals surface area contributed by atoms with E-state index in [-0.39, 0.29) is 42.4 Å². The van der Waals surface area contributed by atoms with Crippen LogP contribution in [0.4, 0.5) is 0 Å². The summed E-state index contributed by atoms with van der Waals surface area (Å²) >= 11 is 0. The van der Waals surface area contributed by atoms with Gasteiger partial charge in [0.1, 0.15) is 17.5 Å². The summed E-state index contributed by atoms with van der Waals surface area (Å²) in [4.78, 5) is 34.3. The Bertz CT molecular complexity index is 1150. The predicted molar refractivity (Wildman–Crippen MR) is 147 cm³/mol. The Kier molecular flexibility index (Phi) is 7.04. The van der Waals surface area contributed by atoms with Gasteiger partial charge in [-0.2, -0.15) is 0 Å². The van der Waals surface area contributed by atoms with Gasteiger partial charge >= 0.3 is 5.97 Å². The third kappa shape index (κ3) is 3.76. The zero-order valence-corrected chi connectivity index (χ0v) is 24.1. The highest BCUT2D eigenvalue weighted by molar-refractivity contribution is 5.90. The number of carbonyl (C=O) groups is 2. The van der Waals surface area contributed by atoms with Crippen molar-refractivity contribution in [2.45, 2.75) is 97.3 Å². The fraction of sp³-hybridized carbons (Fsp3) is 0.774. The summed E-state index contributed by atoms with van der Waals surface area (Å²) in [6, 6.07) is 0.0154. The third-order valence-electron chi connectivity index (χ3n) is 11.6. The Balaban J connectivity index is 1.29. The zero-order valence-electron chi connectivity index (χ0n) is 24.1. The van der Waals surface area contributed by atoms with Crippen molar-refractivity contribution in [3.8, 4) is 0 Å². The molecular formula is C31H45N3O6. The number of aliphatic hydroxyl groups is 1. The largest absolute Gasteiger partial charge is 0.481 e. The normalized spacial score (nSPS) is 45.8. The molecule has 1 aromatic rings. The van der Waals surface area contributed by atoms with Crippen LogP contribution in [0.1, 0.15) is 72.0 Å². The summed E-state index contributed by atoms with van der Waals surface area (Å²) < 4.78 is 12.7. The zero-order chi connectivity index (χ0) is 28.4. The molecule has 1 unspecified atom stereocenters. The monoisotopic (exact) mass is 555 g/mol. The van der Waals surface area contributed by atoms with E-state index >= 15 is 0 Å². The van der Waals surface area contributed by atoms with Crippen LogP contribution in [0.2, 0.25) is 0 Å². The second-order valence-electron chi connectivity index (χ2n) is 13.7. The lowest BCUT2D eigenvalue weighted by Crippen LogP contribution is -2.64. The Morgan fingerprint density at radius 1 is 1.30 bits per heavy atom. The topological polar surface area (TPSA) is 134 Å². The molecule has 2 heterocycles. The second kappa shape index (κ2) is 10.0. The minimum absolute atomic E-state index is 0.00630. The molecule has 40 heavy (non-hydrogen) atoms. The number of fused-ring (bicyclic) bond motifs is 2. The second-order valence-corrected chi connectivity index (χ2v) is 13.7. The standard InChI is InChI=1S/C31H45N3O6/c1-17(2)24-12-20-13-29(15-35)23-7-5-18(3)22(23)14-30(20,31(24,29)28(37)38)16-39-27-26(36)34-21(11-19(4)40-27)6-8-25-32-9-10-33-25/h9-10,12,15,17-23,26-27,34,36H,5-8,11,13-14,16H2,1-4H3,(H,32,33)(H,37,38)/t18-,19-,20+,21?,22-,23-,26-,27-,29+,30+,31+/m1/s1. The number of nitrogens with one attached hydrogen (secondary N) is 2. The van der Waals surface area contributed by atoms with Crippen molar-refractivity contribution in [3.05, 3.63) is 29.9 Å². The molecule has 1 saturated heterocycles. The van der Waals surface area contributed by atoms with Gasteiger partial charge in [0.25, 0.3) is 0 Å². The molecule has 5 aliphatic rings. The summed E-state index contributed by atoms with van der Waals surface area (Å²) in [6.07, 6.45) is 10.0. The summed E-state index contributed by atoms with van der Waals surface area (Å²) in [5, 5.41) is 25.6. The van der Waals surface area contributed by atoms with Crippen LogP contribution in [0.5, 0.6) is 0 Å². The summed E-state index contributed by atoms with van der Waals surface area (Å²) in [5.41, 5.74) is -2.10. The van der Waals surface area contributed by atoms with Crippen LogP contribution in [0.3, 0.4) is 0 Å². The number of aldehydes is 1. The third-order valence-corrected chi connectivity index (χ3v) is 11.6. The number of carboxylic acid groups (broad SMARTS) is 1. The van der Waals surface area contributed by atoms with E-state index in [1.165, 1.54) is 0 Å². The average molecular weight is 556 g/mol. The lowest BCUT2D eigenvalue weighted by Gasteiger charge is -2.58. The van der Waals surface area contributed by atoms with Crippen LogP contribution in [0.25, 0.3) is 0 Å². The number of aryl methyl sites for hydroxylation is 1. The van der Waals surface area contributed by atoms with E-state index < -0.39 is 34.7 Å². The molecule has 4 aliphatic carbocycles. The molecule has 0 amide bonds. The minimum atomic E-state index is -1.30. The van der Waals surface area contributed by atoms with E-state index in [1.807, 2.05) is 20.8 Å². The number of hydrogen-bond acceptors (Lipinski definition) is 7. The molecule has 0 radical (unpaired) electrons. The van der Waals surface area contributed by atoms with Crippen LogP contribution < -0.4 is 5.32 Å². The van der Waals surface area contributed by atoms with Gasteiger partial charge in [0.2, 0.25) is 0 Å². The number of ether oxygens (including phenoxy) is 2. The van der Waals surface area contributed by atoms with E-state index in [0.717, 1.165) is 49.8 Å². The van der Waals surface area contributed by atoms with Crippen molar-refractivity contribution in [2.75, 3.05) is 6.61 Å². The maximum absolute atomic E-state index is 13.6. The maximum Gasteiger partial charge on any atom is 0.315 e. The quantitative estimate of drug-likeness (QED) is 0.268. The number of carbonyl (C=O) groups excluding carboxylic acids is 1. The van der Waals surface area contributed by atoms with E-state index in [9.17, 15) is 19.8 Å². The number of aliphatic hydroxyl groups excluding tert-OH is 1. The van der Waals surface area contributed by atoms with E-state index in [2.05, 4.69) is 28.3 Å². The van der Waals surface area contributed by atoms with Crippen LogP contribution in [0, 0.1) is 45.8 Å². The lowest BCUT2D eigenvalue weighted by molar-refractivity contribution is -0.240. The number of allylic oxidation sites excluding steroid dienone is 1. The highest BCUT2D eigenvalue weighted by atomic mass is 16.7. The number of hydrogen-bond donors (Lipinski definition) is 4. The summed E-state index contributed by atoms with van der Waals surface area (Å²) in [5.74, 6) is 0.757. The number of aromatic amines is 1. The maximum atomic E-state index is 13.6. The molecule has 4 N–H and O–H groups in total. The lowest BCUT2D eigenvalue weighted by atomic mass is 9.43. The van der Waals surface area contributed by atoms with Gasteiger partial charge in [-0.05, 0) is 68.6 Å². The van der Waals surface area contributed by atoms with Gasteiger partial charge in [0.15, 0.2) is 12.5 Å². The molecule has 220 valence electrons. The van der Waals surface area contributed by atoms with Crippen molar-refractivity contribution in [1.29, 1.82) is 0 Å². The first-order chi connectivity index (χ1) is 19.1. The Hall–Kier alpha value is -2.07. The number of imidazole rings is 1. The van der Waals surface area contributed by atoms with E-state index in [0.29, 0.717) is 18.8 Å². The van der Waals surface area contributed by atoms with Gasteiger partial charge in [-0.25, -0.2) is 4.98 Å². The summed E-state index contributed by atoms with van der Waals surface area (Å²) in [7, 11) is 0. The van der Waals surface area contributed by atoms with Crippen molar-refractivity contribution in [1.82, 2.24) is 15.3 Å². The highest BCUT2D eigenvalue weighted by Crippen LogP contribution is 2.82. The van der Waals surface area contributed by atoms with Gasteiger partial charge in [-0.3, -0.25) is 10.1 Å². The first-order valence-electron chi connectivity index (χ1n) is 15.2. The van der Waals surface area contributed by atoms with Gasteiger partial charge in [0, 0.05) is 30.3 Å². The van der Waals surface area contributed by atoms with Crippen molar-refractivity contribution in [2.24, 2.45) is 45.8 Å². The molecule has 0 spiro atoms. The van der Waals surface area contributed by atoms with Crippen LogP contribution in [0.15, 0.2) is 24.0 Å². The van der Waals surface area contributed by atoms with Crippen LogP contribution in [-0.2, 0) is 25.5 Å². The average Bonchev–Trinajstić information content (AvgIpc) is 3.64. The first kappa shape index (κ1) is 28.1. The molecule has 4 fully saturated rings. The van der Waals surface area contributed by atoms with Gasteiger partial charge in [-0.15, -0.1) is 0 Å². The number of aliphatic carboxylic acids is 1.